The molecule has 17 heavy (non-hydrogen) atoms. The number of halogens is 1. The Bertz CT molecular complexity index is 404. The third-order valence-corrected chi connectivity index (χ3v) is 4.09. The van der Waals surface area contributed by atoms with Crippen LogP contribution in [-0.2, 0) is 11.2 Å². The molecule has 0 radical (unpaired) electrons. The van der Waals surface area contributed by atoms with Gasteiger partial charge in [-0.15, -0.1) is 0 Å². The van der Waals surface area contributed by atoms with E-state index in [2.05, 4.69) is 41.6 Å². The highest BCUT2D eigenvalue weighted by Gasteiger charge is 2.29. The van der Waals surface area contributed by atoms with Gasteiger partial charge in [0.05, 0.1) is 0 Å². The molecule has 1 atom stereocenters. The first-order valence-electron chi connectivity index (χ1n) is 5.55. The molecule has 0 saturated heterocycles. The number of carbonyl (C=O) groups is 1. The summed E-state index contributed by atoms with van der Waals surface area (Å²) in [7, 11) is 0. The molecule has 0 aromatic heterocycles. The lowest BCUT2D eigenvalue weighted by atomic mass is 9.87. The van der Waals surface area contributed by atoms with E-state index in [-0.39, 0.29) is 5.92 Å². The average Bonchev–Trinajstić information content (AvgIpc) is 2.19. The van der Waals surface area contributed by atoms with Crippen molar-refractivity contribution in [1.29, 1.82) is 0 Å². The zero-order chi connectivity index (χ0) is 13.1. The molecule has 0 saturated carbocycles. The van der Waals surface area contributed by atoms with Crippen LogP contribution in [0.3, 0.4) is 0 Å². The van der Waals surface area contributed by atoms with E-state index in [0.717, 1.165) is 6.42 Å². The lowest BCUT2D eigenvalue weighted by Crippen LogP contribution is -2.38. The molecule has 0 heterocycles. The smallest absolute Gasteiger partial charge is 0.405 e. The van der Waals surface area contributed by atoms with E-state index in [4.69, 9.17) is 10.5 Å². The quantitative estimate of drug-likeness (QED) is 0.850. The number of ether oxygens (including phenoxy) is 1. The van der Waals surface area contributed by atoms with Gasteiger partial charge in [0.15, 0.2) is 0 Å². The first-order chi connectivity index (χ1) is 7.83. The molecule has 1 aromatic carbocycles. The Morgan fingerprint density at radius 2 is 2.06 bits per heavy atom. The second-order valence-electron chi connectivity index (χ2n) is 4.72. The number of rotatable bonds is 4. The third-order valence-electron chi connectivity index (χ3n) is 3.03. The molecule has 4 heteroatoms. The van der Waals surface area contributed by atoms with E-state index < -0.39 is 11.7 Å². The standard InChI is InChI=1S/C13H18INO2/c1-9(13(2,3)17-12(15)16)8-10-6-4-5-7-11(10)14/h4-7,9H,8H2,1-3H3,(H2,15,16). The lowest BCUT2D eigenvalue weighted by Gasteiger charge is -2.31. The van der Waals surface area contributed by atoms with Gasteiger partial charge >= 0.3 is 6.09 Å². The van der Waals surface area contributed by atoms with E-state index in [1.165, 1.54) is 9.13 Å². The molecule has 94 valence electrons. The van der Waals surface area contributed by atoms with Gasteiger partial charge in [0, 0.05) is 3.57 Å². The predicted octanol–water partition coefficient (Wildman–Crippen LogP) is 3.34. The summed E-state index contributed by atoms with van der Waals surface area (Å²) in [5.41, 5.74) is 5.79. The van der Waals surface area contributed by atoms with Crippen molar-refractivity contribution in [3.05, 3.63) is 33.4 Å². The van der Waals surface area contributed by atoms with Crippen molar-refractivity contribution in [1.82, 2.24) is 0 Å². The van der Waals surface area contributed by atoms with Crippen molar-refractivity contribution in [2.75, 3.05) is 0 Å². The molecule has 0 aliphatic carbocycles. The minimum absolute atomic E-state index is 0.200. The van der Waals surface area contributed by atoms with Crippen molar-refractivity contribution >= 4 is 28.7 Å². The summed E-state index contributed by atoms with van der Waals surface area (Å²) in [6.45, 7) is 5.84. The summed E-state index contributed by atoms with van der Waals surface area (Å²) in [5, 5.41) is 0. The molecule has 1 rings (SSSR count). The van der Waals surface area contributed by atoms with Crippen molar-refractivity contribution in [3.8, 4) is 0 Å². The lowest BCUT2D eigenvalue weighted by molar-refractivity contribution is 0.00473. The zero-order valence-electron chi connectivity index (χ0n) is 10.4. The monoisotopic (exact) mass is 347 g/mol. The molecule has 0 fully saturated rings. The van der Waals surface area contributed by atoms with Crippen molar-refractivity contribution in [2.45, 2.75) is 32.8 Å². The molecule has 0 bridgehead atoms. The topological polar surface area (TPSA) is 52.3 Å². The summed E-state index contributed by atoms with van der Waals surface area (Å²) < 4.78 is 6.38. The molecule has 3 nitrogen and oxygen atoms in total. The number of hydrogen-bond acceptors (Lipinski definition) is 2. The Kier molecular flexibility index (Phi) is 4.80. The Hall–Kier alpha value is -0.780. The molecule has 1 unspecified atom stereocenters. The van der Waals surface area contributed by atoms with E-state index in [1.54, 1.807) is 0 Å². The van der Waals surface area contributed by atoms with E-state index >= 15 is 0 Å². The van der Waals surface area contributed by atoms with Gasteiger partial charge in [0.2, 0.25) is 0 Å². The van der Waals surface area contributed by atoms with Crippen LogP contribution >= 0.6 is 22.6 Å². The summed E-state index contributed by atoms with van der Waals surface area (Å²) in [6, 6.07) is 8.20. The maximum Gasteiger partial charge on any atom is 0.405 e. The SMILES string of the molecule is CC(Cc1ccccc1I)C(C)(C)OC(N)=O. The minimum atomic E-state index is -0.718. The summed E-state index contributed by atoms with van der Waals surface area (Å²) in [5.74, 6) is 0.200. The maximum absolute atomic E-state index is 10.8. The van der Waals surface area contributed by atoms with Crippen LogP contribution in [-0.4, -0.2) is 11.7 Å². The van der Waals surface area contributed by atoms with Crippen LogP contribution in [0, 0.1) is 9.49 Å². The highest BCUT2D eigenvalue weighted by molar-refractivity contribution is 14.1. The number of amides is 1. The van der Waals surface area contributed by atoms with E-state index in [9.17, 15) is 4.79 Å². The normalized spacial score (nSPS) is 13.2. The van der Waals surface area contributed by atoms with Crippen molar-refractivity contribution in [3.63, 3.8) is 0 Å². The Labute approximate surface area is 116 Å². The molecule has 0 aliphatic heterocycles. The van der Waals surface area contributed by atoms with Crippen LogP contribution in [0.4, 0.5) is 4.79 Å². The highest BCUT2D eigenvalue weighted by Crippen LogP contribution is 2.26. The van der Waals surface area contributed by atoms with Crippen LogP contribution < -0.4 is 5.73 Å². The second-order valence-corrected chi connectivity index (χ2v) is 5.88. The Morgan fingerprint density at radius 1 is 1.47 bits per heavy atom. The fraction of sp³-hybridized carbons (Fsp3) is 0.462. The van der Waals surface area contributed by atoms with Crippen LogP contribution in [0.1, 0.15) is 26.3 Å². The zero-order valence-corrected chi connectivity index (χ0v) is 12.5. The molecule has 0 spiro atoms. The Balaban J connectivity index is 2.75. The second kappa shape index (κ2) is 5.71. The summed E-state index contributed by atoms with van der Waals surface area (Å²) in [4.78, 5) is 10.8. The third kappa shape index (κ3) is 4.18. The fourth-order valence-electron chi connectivity index (χ4n) is 1.60. The van der Waals surface area contributed by atoms with Gasteiger partial charge in [-0.3, -0.25) is 0 Å². The molecule has 0 aliphatic rings. The van der Waals surface area contributed by atoms with E-state index in [0.29, 0.717) is 0 Å². The number of hydrogen-bond donors (Lipinski definition) is 1. The van der Waals surface area contributed by atoms with Crippen LogP contribution in [0.15, 0.2) is 24.3 Å². The molecular weight excluding hydrogens is 329 g/mol. The first-order valence-corrected chi connectivity index (χ1v) is 6.62. The largest absolute Gasteiger partial charge is 0.443 e. The van der Waals surface area contributed by atoms with Crippen LogP contribution in [0.5, 0.6) is 0 Å². The van der Waals surface area contributed by atoms with Gasteiger partial charge in [-0.05, 0) is 60.4 Å². The average molecular weight is 347 g/mol. The molecular formula is C13H18INO2. The number of primary amides is 1. The first kappa shape index (κ1) is 14.3. The fourth-order valence-corrected chi connectivity index (χ4v) is 2.21. The van der Waals surface area contributed by atoms with E-state index in [1.807, 2.05) is 26.0 Å². The highest BCUT2D eigenvalue weighted by atomic mass is 127. The summed E-state index contributed by atoms with van der Waals surface area (Å²) in [6.07, 6.45) is 0.143. The van der Waals surface area contributed by atoms with Gasteiger partial charge < -0.3 is 10.5 Å². The number of benzene rings is 1. The van der Waals surface area contributed by atoms with Crippen LogP contribution in [0.25, 0.3) is 0 Å². The predicted molar refractivity (Wildman–Crippen MR) is 76.8 cm³/mol. The number of nitrogens with two attached hydrogens (primary N) is 1. The van der Waals surface area contributed by atoms with Gasteiger partial charge in [0.1, 0.15) is 5.60 Å². The van der Waals surface area contributed by atoms with Gasteiger partial charge in [-0.25, -0.2) is 4.79 Å². The van der Waals surface area contributed by atoms with Gasteiger partial charge in [0.25, 0.3) is 0 Å². The minimum Gasteiger partial charge on any atom is -0.443 e. The molecule has 2 N–H and O–H groups in total. The van der Waals surface area contributed by atoms with Crippen LogP contribution in [0.2, 0.25) is 0 Å². The summed E-state index contributed by atoms with van der Waals surface area (Å²) >= 11 is 2.31. The van der Waals surface area contributed by atoms with Crippen molar-refractivity contribution < 1.29 is 9.53 Å². The Morgan fingerprint density at radius 3 is 2.59 bits per heavy atom. The van der Waals surface area contributed by atoms with Gasteiger partial charge in [-0.1, -0.05) is 25.1 Å². The molecule has 1 amide bonds. The van der Waals surface area contributed by atoms with Crippen molar-refractivity contribution in [2.24, 2.45) is 11.7 Å². The number of carbonyl (C=O) groups excluding carboxylic acids is 1. The molecule has 1 aromatic rings. The van der Waals surface area contributed by atoms with Gasteiger partial charge in [-0.2, -0.15) is 0 Å². The maximum atomic E-state index is 10.8.